The molecule has 6 nitrogen and oxygen atoms in total. The van der Waals surface area contributed by atoms with Crippen LogP contribution in [0.2, 0.25) is 0 Å². The molecule has 1 aromatic rings. The van der Waals surface area contributed by atoms with Crippen molar-refractivity contribution < 1.29 is 27.8 Å². The van der Waals surface area contributed by atoms with Crippen molar-refractivity contribution in [2.45, 2.75) is 44.8 Å². The maximum atomic E-state index is 14.4. The minimum absolute atomic E-state index is 0.0377. The number of ether oxygens (including phenoxy) is 2. The van der Waals surface area contributed by atoms with Gasteiger partial charge in [-0.3, -0.25) is 4.79 Å². The SMILES string of the molecule is COc1cc(F)c(C2CC(=O)NC[C@H]2NC(=O)OC(C)(C)C)c(F)c1. The maximum absolute atomic E-state index is 14.4. The molecule has 0 aromatic heterocycles. The first kappa shape index (κ1) is 19.0. The van der Waals surface area contributed by atoms with Crippen molar-refractivity contribution in [3.05, 3.63) is 29.3 Å². The highest BCUT2D eigenvalue weighted by Gasteiger charge is 2.36. The molecule has 1 saturated heterocycles. The molecular weight excluding hydrogens is 334 g/mol. The van der Waals surface area contributed by atoms with Gasteiger partial charge < -0.3 is 20.1 Å². The number of benzene rings is 1. The molecule has 0 spiro atoms. The number of halogens is 2. The van der Waals surface area contributed by atoms with Crippen molar-refractivity contribution in [2.24, 2.45) is 0 Å². The summed E-state index contributed by atoms with van der Waals surface area (Å²) in [7, 11) is 1.30. The molecule has 25 heavy (non-hydrogen) atoms. The van der Waals surface area contributed by atoms with Crippen LogP contribution < -0.4 is 15.4 Å². The van der Waals surface area contributed by atoms with Gasteiger partial charge in [-0.25, -0.2) is 13.6 Å². The number of nitrogens with one attached hydrogen (secondary N) is 2. The number of hydrogen-bond donors (Lipinski definition) is 2. The van der Waals surface area contributed by atoms with Crippen LogP contribution in [0.3, 0.4) is 0 Å². The van der Waals surface area contributed by atoms with Gasteiger partial charge in [0.05, 0.1) is 13.2 Å². The summed E-state index contributed by atoms with van der Waals surface area (Å²) in [5.74, 6) is -2.82. The Bertz CT molecular complexity index is 650. The molecule has 0 bridgehead atoms. The largest absolute Gasteiger partial charge is 0.497 e. The first-order valence-electron chi connectivity index (χ1n) is 7.90. The molecule has 2 atom stereocenters. The summed E-state index contributed by atoms with van der Waals surface area (Å²) >= 11 is 0. The van der Waals surface area contributed by atoms with Crippen molar-refractivity contribution in [1.29, 1.82) is 0 Å². The van der Waals surface area contributed by atoms with Crippen molar-refractivity contribution in [1.82, 2.24) is 10.6 Å². The third-order valence-electron chi connectivity index (χ3n) is 3.77. The highest BCUT2D eigenvalue weighted by atomic mass is 19.1. The molecule has 1 unspecified atom stereocenters. The third kappa shape index (κ3) is 4.80. The lowest BCUT2D eigenvalue weighted by molar-refractivity contribution is -0.123. The maximum Gasteiger partial charge on any atom is 0.407 e. The van der Waals surface area contributed by atoms with E-state index in [-0.39, 0.29) is 30.2 Å². The first-order chi connectivity index (χ1) is 11.6. The molecule has 1 fully saturated rings. The van der Waals surface area contributed by atoms with Gasteiger partial charge >= 0.3 is 6.09 Å². The van der Waals surface area contributed by atoms with Crippen LogP contribution >= 0.6 is 0 Å². The van der Waals surface area contributed by atoms with Crippen LogP contribution in [-0.4, -0.2) is 37.3 Å². The number of rotatable bonds is 3. The van der Waals surface area contributed by atoms with E-state index in [4.69, 9.17) is 9.47 Å². The van der Waals surface area contributed by atoms with Gasteiger partial charge in [0.2, 0.25) is 5.91 Å². The van der Waals surface area contributed by atoms with E-state index in [1.54, 1.807) is 20.8 Å². The van der Waals surface area contributed by atoms with Gasteiger partial charge in [0.15, 0.2) is 0 Å². The summed E-state index contributed by atoms with van der Waals surface area (Å²) in [6.45, 7) is 5.16. The monoisotopic (exact) mass is 356 g/mol. The van der Waals surface area contributed by atoms with Crippen LogP contribution in [0.1, 0.15) is 38.7 Å². The van der Waals surface area contributed by atoms with Crippen LogP contribution in [0.5, 0.6) is 5.75 Å². The molecule has 2 rings (SSSR count). The lowest BCUT2D eigenvalue weighted by atomic mass is 9.85. The lowest BCUT2D eigenvalue weighted by Gasteiger charge is -2.33. The Morgan fingerprint density at radius 2 is 1.88 bits per heavy atom. The summed E-state index contributed by atoms with van der Waals surface area (Å²) in [5, 5.41) is 5.17. The second-order valence-electron chi connectivity index (χ2n) is 6.87. The number of carbonyl (C=O) groups is 2. The molecular formula is C17H22F2N2O4. The average Bonchev–Trinajstić information content (AvgIpc) is 2.47. The summed E-state index contributed by atoms with van der Waals surface area (Å²) in [5.41, 5.74) is -0.967. The Morgan fingerprint density at radius 1 is 1.28 bits per heavy atom. The molecule has 1 aromatic carbocycles. The summed E-state index contributed by atoms with van der Waals surface area (Å²) in [6.07, 6.45) is -0.867. The highest BCUT2D eigenvalue weighted by molar-refractivity contribution is 5.79. The number of amides is 2. The molecule has 0 aliphatic carbocycles. The van der Waals surface area contributed by atoms with Crippen LogP contribution in [0, 0.1) is 11.6 Å². The van der Waals surface area contributed by atoms with E-state index in [9.17, 15) is 18.4 Å². The zero-order valence-corrected chi connectivity index (χ0v) is 14.6. The van der Waals surface area contributed by atoms with E-state index < -0.39 is 35.3 Å². The lowest BCUT2D eigenvalue weighted by Crippen LogP contribution is -2.53. The number of carbonyl (C=O) groups excluding carboxylic acids is 2. The fraction of sp³-hybridized carbons (Fsp3) is 0.529. The minimum Gasteiger partial charge on any atom is -0.497 e. The Kier molecular flexibility index (Phi) is 5.49. The first-order valence-corrected chi connectivity index (χ1v) is 7.90. The molecule has 0 saturated carbocycles. The van der Waals surface area contributed by atoms with Crippen LogP contribution in [0.25, 0.3) is 0 Å². The van der Waals surface area contributed by atoms with Crippen LogP contribution in [-0.2, 0) is 9.53 Å². The highest BCUT2D eigenvalue weighted by Crippen LogP contribution is 2.33. The quantitative estimate of drug-likeness (QED) is 0.872. The van der Waals surface area contributed by atoms with Crippen LogP contribution in [0.15, 0.2) is 12.1 Å². The molecule has 1 aliphatic heterocycles. The van der Waals surface area contributed by atoms with Gasteiger partial charge in [0, 0.05) is 36.6 Å². The number of hydrogen-bond acceptors (Lipinski definition) is 4. The number of methoxy groups -OCH3 is 1. The topological polar surface area (TPSA) is 76.7 Å². The van der Waals surface area contributed by atoms with E-state index in [0.29, 0.717) is 0 Å². The molecule has 1 aliphatic rings. The second kappa shape index (κ2) is 7.25. The van der Waals surface area contributed by atoms with E-state index in [2.05, 4.69) is 10.6 Å². The molecule has 138 valence electrons. The van der Waals surface area contributed by atoms with E-state index in [1.165, 1.54) is 7.11 Å². The van der Waals surface area contributed by atoms with Crippen LogP contribution in [0.4, 0.5) is 13.6 Å². The average molecular weight is 356 g/mol. The molecule has 0 radical (unpaired) electrons. The van der Waals surface area contributed by atoms with Crippen molar-refractivity contribution in [2.75, 3.05) is 13.7 Å². The zero-order valence-electron chi connectivity index (χ0n) is 14.6. The molecule has 2 N–H and O–H groups in total. The summed E-state index contributed by atoms with van der Waals surface area (Å²) in [4.78, 5) is 23.7. The van der Waals surface area contributed by atoms with Gasteiger partial charge in [-0.1, -0.05) is 0 Å². The normalized spacial score (nSPS) is 20.6. The van der Waals surface area contributed by atoms with Crippen molar-refractivity contribution >= 4 is 12.0 Å². The Hall–Kier alpha value is -2.38. The van der Waals surface area contributed by atoms with Gasteiger partial charge in [-0.05, 0) is 20.8 Å². The van der Waals surface area contributed by atoms with E-state index >= 15 is 0 Å². The molecule has 8 heteroatoms. The Labute approximate surface area is 144 Å². The predicted octanol–water partition coefficient (Wildman–Crippen LogP) is 2.47. The molecule has 1 heterocycles. The Balaban J connectivity index is 2.28. The van der Waals surface area contributed by atoms with Crippen molar-refractivity contribution in [3.63, 3.8) is 0 Å². The third-order valence-corrected chi connectivity index (χ3v) is 3.77. The zero-order chi connectivity index (χ0) is 18.8. The van der Waals surface area contributed by atoms with E-state index in [1.807, 2.05) is 0 Å². The number of alkyl carbamates (subject to hydrolysis) is 1. The Morgan fingerprint density at radius 3 is 2.40 bits per heavy atom. The fourth-order valence-corrected chi connectivity index (χ4v) is 2.73. The van der Waals surface area contributed by atoms with Crippen molar-refractivity contribution in [3.8, 4) is 5.75 Å². The minimum atomic E-state index is -0.854. The van der Waals surface area contributed by atoms with Gasteiger partial charge in [0.25, 0.3) is 0 Å². The van der Waals surface area contributed by atoms with Gasteiger partial charge in [-0.2, -0.15) is 0 Å². The second-order valence-corrected chi connectivity index (χ2v) is 6.87. The summed E-state index contributed by atoms with van der Waals surface area (Å²) in [6, 6.07) is 1.40. The van der Waals surface area contributed by atoms with Gasteiger partial charge in [-0.15, -0.1) is 0 Å². The smallest absolute Gasteiger partial charge is 0.407 e. The number of piperidine rings is 1. The predicted molar refractivity (Wildman–Crippen MR) is 86.4 cm³/mol. The standard InChI is InChI=1S/C17H22F2N2O4/c1-17(2,3)25-16(23)21-13-8-20-14(22)7-10(13)15-11(18)5-9(24-4)6-12(15)19/h5-6,10,13H,7-8H2,1-4H3,(H,20,22)(H,21,23)/t10?,13-/m1/s1. The molecule has 2 amide bonds. The van der Waals surface area contributed by atoms with Gasteiger partial charge in [0.1, 0.15) is 23.0 Å². The summed E-state index contributed by atoms with van der Waals surface area (Å²) < 4.78 is 38.8. The van der Waals surface area contributed by atoms with E-state index in [0.717, 1.165) is 12.1 Å². The fourth-order valence-electron chi connectivity index (χ4n) is 2.73.